The molecule has 0 aromatic carbocycles. The first-order valence-electron chi connectivity index (χ1n) is 5.21. The van der Waals surface area contributed by atoms with Crippen molar-refractivity contribution in [2.45, 2.75) is 31.7 Å². The van der Waals surface area contributed by atoms with E-state index in [0.29, 0.717) is 0 Å². The van der Waals surface area contributed by atoms with E-state index < -0.39 is 0 Å². The summed E-state index contributed by atoms with van der Waals surface area (Å²) in [5, 5.41) is 0. The van der Waals surface area contributed by atoms with Crippen molar-refractivity contribution in [3.8, 4) is 0 Å². The minimum atomic E-state index is 0.881. The van der Waals surface area contributed by atoms with Crippen LogP contribution in [0.5, 0.6) is 0 Å². The van der Waals surface area contributed by atoms with Crippen LogP contribution >= 0.6 is 0 Å². The summed E-state index contributed by atoms with van der Waals surface area (Å²) in [6.07, 6.45) is 5.56. The topological polar surface area (TPSA) is 29.3 Å². The summed E-state index contributed by atoms with van der Waals surface area (Å²) in [4.78, 5) is 2.54. The molecule has 2 heteroatoms. The first kappa shape index (κ1) is 8.52. The predicted octanol–water partition coefficient (Wildman–Crippen LogP) is 1.07. The Bertz CT molecular complexity index is 156. The molecule has 2 N–H and O–H groups in total. The predicted molar refractivity (Wildman–Crippen MR) is 50.9 cm³/mol. The molecule has 2 heterocycles. The molecule has 0 aromatic rings. The van der Waals surface area contributed by atoms with Crippen molar-refractivity contribution in [2.24, 2.45) is 17.6 Å². The largest absolute Gasteiger partial charge is 0.330 e. The number of hydrogen-bond acceptors (Lipinski definition) is 2. The Labute approximate surface area is 75.1 Å². The number of nitrogens with zero attached hydrogens (tertiary/aromatic N) is 1. The van der Waals surface area contributed by atoms with Gasteiger partial charge in [-0.25, -0.2) is 0 Å². The highest BCUT2D eigenvalue weighted by Crippen LogP contribution is 2.39. The number of nitrogens with two attached hydrogens (primary N) is 1. The number of rotatable bonds is 2. The Morgan fingerprint density at radius 2 is 2.25 bits per heavy atom. The fourth-order valence-electron chi connectivity index (χ4n) is 3.03. The fourth-order valence-corrected chi connectivity index (χ4v) is 3.03. The van der Waals surface area contributed by atoms with Crippen LogP contribution in [0.1, 0.15) is 25.7 Å². The van der Waals surface area contributed by atoms with E-state index >= 15 is 0 Å². The van der Waals surface area contributed by atoms with Crippen molar-refractivity contribution in [3.05, 3.63) is 0 Å². The molecular formula is C10H20N2. The molecule has 0 amide bonds. The van der Waals surface area contributed by atoms with Gasteiger partial charge >= 0.3 is 0 Å². The van der Waals surface area contributed by atoms with E-state index in [2.05, 4.69) is 11.9 Å². The number of fused-ring (bicyclic) bond motifs is 3. The Kier molecular flexibility index (Phi) is 2.37. The molecular weight excluding hydrogens is 148 g/mol. The molecule has 70 valence electrons. The third kappa shape index (κ3) is 1.38. The lowest BCUT2D eigenvalue weighted by Crippen LogP contribution is -2.50. The van der Waals surface area contributed by atoms with Gasteiger partial charge in [-0.05, 0) is 51.1 Å². The summed E-state index contributed by atoms with van der Waals surface area (Å²) >= 11 is 0. The van der Waals surface area contributed by atoms with Crippen LogP contribution in [0.3, 0.4) is 0 Å². The molecule has 2 nitrogen and oxygen atoms in total. The van der Waals surface area contributed by atoms with Crippen molar-refractivity contribution in [2.75, 3.05) is 20.1 Å². The van der Waals surface area contributed by atoms with Crippen molar-refractivity contribution < 1.29 is 0 Å². The first-order chi connectivity index (χ1) is 5.81. The third-order valence-corrected chi connectivity index (χ3v) is 3.80. The van der Waals surface area contributed by atoms with Gasteiger partial charge in [-0.1, -0.05) is 0 Å². The van der Waals surface area contributed by atoms with Crippen LogP contribution in [0, 0.1) is 11.8 Å². The van der Waals surface area contributed by atoms with E-state index in [1.807, 2.05) is 0 Å². The molecule has 2 saturated heterocycles. The number of piperidine rings is 2. The molecule has 3 rings (SSSR count). The summed E-state index contributed by atoms with van der Waals surface area (Å²) < 4.78 is 0. The Morgan fingerprint density at radius 1 is 1.42 bits per heavy atom. The monoisotopic (exact) mass is 168 g/mol. The summed E-state index contributed by atoms with van der Waals surface area (Å²) in [6, 6.07) is 0.881. The second kappa shape index (κ2) is 3.35. The zero-order chi connectivity index (χ0) is 8.55. The molecule has 0 aromatic heterocycles. The average Bonchev–Trinajstić information content (AvgIpc) is 2.07. The summed E-state index contributed by atoms with van der Waals surface area (Å²) in [5.74, 6) is 1.91. The highest BCUT2D eigenvalue weighted by Gasteiger charge is 2.37. The summed E-state index contributed by atoms with van der Waals surface area (Å²) in [7, 11) is 2.27. The molecule has 0 radical (unpaired) electrons. The minimum absolute atomic E-state index is 0.881. The maximum Gasteiger partial charge on any atom is 0.00951 e. The lowest BCUT2D eigenvalue weighted by Gasteiger charge is -2.48. The molecule has 3 unspecified atom stereocenters. The van der Waals surface area contributed by atoms with Crippen molar-refractivity contribution >= 4 is 0 Å². The van der Waals surface area contributed by atoms with Crippen molar-refractivity contribution in [1.82, 2.24) is 4.90 Å². The maximum absolute atomic E-state index is 5.61. The van der Waals surface area contributed by atoms with E-state index in [4.69, 9.17) is 5.73 Å². The summed E-state index contributed by atoms with van der Waals surface area (Å²) in [6.45, 7) is 2.22. The molecule has 3 fully saturated rings. The van der Waals surface area contributed by atoms with Crippen LogP contribution in [-0.4, -0.2) is 31.1 Å². The Hall–Kier alpha value is -0.0800. The van der Waals surface area contributed by atoms with Crippen LogP contribution in [-0.2, 0) is 0 Å². The molecule has 2 bridgehead atoms. The van der Waals surface area contributed by atoms with E-state index in [-0.39, 0.29) is 0 Å². The first-order valence-corrected chi connectivity index (χ1v) is 5.21. The second-order valence-corrected chi connectivity index (χ2v) is 4.50. The lowest BCUT2D eigenvalue weighted by molar-refractivity contribution is 0.0210. The van der Waals surface area contributed by atoms with Gasteiger partial charge in [0.15, 0.2) is 0 Å². The van der Waals surface area contributed by atoms with Crippen molar-refractivity contribution in [3.63, 3.8) is 0 Å². The van der Waals surface area contributed by atoms with Crippen LogP contribution in [0.2, 0.25) is 0 Å². The molecule has 1 saturated carbocycles. The minimum Gasteiger partial charge on any atom is -0.330 e. The standard InChI is InChI=1S/C10H20N2/c1-12-7-9-2-3-10(12)6-8(9)4-5-11/h8-10H,2-7,11H2,1H3. The highest BCUT2D eigenvalue weighted by molar-refractivity contribution is 4.91. The van der Waals surface area contributed by atoms with Gasteiger partial charge in [-0.3, -0.25) is 0 Å². The highest BCUT2D eigenvalue weighted by atomic mass is 15.1. The van der Waals surface area contributed by atoms with E-state index in [1.54, 1.807) is 0 Å². The van der Waals surface area contributed by atoms with Gasteiger partial charge in [0.2, 0.25) is 0 Å². The third-order valence-electron chi connectivity index (χ3n) is 3.80. The van der Waals surface area contributed by atoms with Gasteiger partial charge in [0, 0.05) is 12.6 Å². The Morgan fingerprint density at radius 3 is 2.75 bits per heavy atom. The average molecular weight is 168 g/mol. The van der Waals surface area contributed by atoms with E-state index in [1.165, 1.54) is 32.2 Å². The normalized spacial score (nSPS) is 42.0. The van der Waals surface area contributed by atoms with Gasteiger partial charge in [-0.2, -0.15) is 0 Å². The molecule has 2 aliphatic heterocycles. The summed E-state index contributed by atoms with van der Waals surface area (Å²) in [5.41, 5.74) is 5.61. The quantitative estimate of drug-likeness (QED) is 0.668. The smallest absolute Gasteiger partial charge is 0.00951 e. The molecule has 12 heavy (non-hydrogen) atoms. The molecule has 1 aliphatic carbocycles. The molecule has 3 atom stereocenters. The van der Waals surface area contributed by atoms with Crippen LogP contribution < -0.4 is 5.73 Å². The Balaban J connectivity index is 1.96. The van der Waals surface area contributed by atoms with Crippen LogP contribution in [0.15, 0.2) is 0 Å². The van der Waals surface area contributed by atoms with Gasteiger partial charge in [0.25, 0.3) is 0 Å². The van der Waals surface area contributed by atoms with Crippen molar-refractivity contribution in [1.29, 1.82) is 0 Å². The molecule has 3 aliphatic rings. The van der Waals surface area contributed by atoms with Gasteiger partial charge in [0.05, 0.1) is 0 Å². The van der Waals surface area contributed by atoms with Gasteiger partial charge < -0.3 is 10.6 Å². The SMILES string of the molecule is CN1CC2CCC1CC2CCN. The van der Waals surface area contributed by atoms with E-state index in [9.17, 15) is 0 Å². The molecule has 0 spiro atoms. The fraction of sp³-hybridized carbons (Fsp3) is 1.00. The zero-order valence-electron chi connectivity index (χ0n) is 8.00. The lowest BCUT2D eigenvalue weighted by atomic mass is 9.71. The van der Waals surface area contributed by atoms with Gasteiger partial charge in [-0.15, -0.1) is 0 Å². The zero-order valence-corrected chi connectivity index (χ0v) is 8.00. The number of hydrogen-bond donors (Lipinski definition) is 1. The maximum atomic E-state index is 5.61. The van der Waals surface area contributed by atoms with Crippen LogP contribution in [0.4, 0.5) is 0 Å². The second-order valence-electron chi connectivity index (χ2n) is 4.50. The van der Waals surface area contributed by atoms with Crippen LogP contribution in [0.25, 0.3) is 0 Å². The van der Waals surface area contributed by atoms with E-state index in [0.717, 1.165) is 24.4 Å². The van der Waals surface area contributed by atoms with Gasteiger partial charge in [0.1, 0.15) is 0 Å².